The van der Waals surface area contributed by atoms with Crippen LogP contribution in [-0.4, -0.2) is 7.05 Å². The Bertz CT molecular complexity index is 766. The molecule has 0 aliphatic rings. The molecule has 1 nitrogen and oxygen atoms in total. The number of rotatable bonds is 4. The molecule has 3 rings (SSSR count). The van der Waals surface area contributed by atoms with Gasteiger partial charge in [-0.1, -0.05) is 24.3 Å². The van der Waals surface area contributed by atoms with E-state index < -0.39 is 11.6 Å². The molecule has 0 aliphatic carbocycles. The summed E-state index contributed by atoms with van der Waals surface area (Å²) in [6.45, 7) is 0. The van der Waals surface area contributed by atoms with Crippen molar-refractivity contribution >= 4 is 21.4 Å². The van der Waals surface area contributed by atoms with Crippen LogP contribution in [0.3, 0.4) is 0 Å². The minimum atomic E-state index is -0.543. The summed E-state index contributed by atoms with van der Waals surface area (Å²) in [5.41, 5.74) is 1.67. The number of hydrogen-bond donors (Lipinski definition) is 1. The fourth-order valence-electron chi connectivity index (χ4n) is 2.54. The van der Waals surface area contributed by atoms with Gasteiger partial charge in [0.2, 0.25) is 0 Å². The van der Waals surface area contributed by atoms with E-state index in [-0.39, 0.29) is 6.04 Å². The molecule has 1 N–H and O–H groups in total. The molecule has 0 fully saturated rings. The Kier molecular flexibility index (Phi) is 3.99. The first kappa shape index (κ1) is 14.2. The first-order valence-corrected chi connectivity index (χ1v) is 7.64. The first-order chi connectivity index (χ1) is 10.2. The highest BCUT2D eigenvalue weighted by molar-refractivity contribution is 7.17. The van der Waals surface area contributed by atoms with E-state index in [1.54, 1.807) is 11.3 Å². The zero-order chi connectivity index (χ0) is 14.8. The van der Waals surface area contributed by atoms with E-state index in [9.17, 15) is 8.78 Å². The van der Waals surface area contributed by atoms with E-state index >= 15 is 0 Å². The third kappa shape index (κ3) is 2.82. The average Bonchev–Trinajstić information content (AvgIpc) is 2.91. The topological polar surface area (TPSA) is 12.0 Å². The smallest absolute Gasteiger partial charge is 0.129 e. The molecule has 0 aliphatic heterocycles. The van der Waals surface area contributed by atoms with E-state index in [0.29, 0.717) is 12.0 Å². The van der Waals surface area contributed by atoms with Crippen molar-refractivity contribution < 1.29 is 8.78 Å². The lowest BCUT2D eigenvalue weighted by atomic mass is 9.98. The number of likely N-dealkylation sites (N-methyl/N-ethyl adjacent to an activating group) is 1. The second kappa shape index (κ2) is 5.92. The summed E-state index contributed by atoms with van der Waals surface area (Å²) >= 11 is 1.68. The summed E-state index contributed by atoms with van der Waals surface area (Å²) in [5, 5.41) is 6.52. The molecule has 3 aromatic rings. The predicted molar refractivity (Wildman–Crippen MR) is 83.7 cm³/mol. The number of hydrogen-bond acceptors (Lipinski definition) is 2. The van der Waals surface area contributed by atoms with Crippen molar-refractivity contribution in [3.63, 3.8) is 0 Å². The standard InChI is InChI=1S/C17H15F2NS/c1-20-16(8-11-6-7-12(18)9-15(11)19)14-10-21-17-5-3-2-4-13(14)17/h2-7,9-10,16,20H,8H2,1H3. The van der Waals surface area contributed by atoms with Crippen LogP contribution in [0.2, 0.25) is 0 Å². The number of thiophene rings is 1. The van der Waals surface area contributed by atoms with Crippen molar-refractivity contribution in [2.24, 2.45) is 0 Å². The van der Waals surface area contributed by atoms with E-state index in [1.807, 2.05) is 19.2 Å². The van der Waals surface area contributed by atoms with Crippen LogP contribution >= 0.6 is 11.3 Å². The number of benzene rings is 2. The van der Waals surface area contributed by atoms with Crippen LogP contribution in [-0.2, 0) is 6.42 Å². The summed E-state index contributed by atoms with van der Waals surface area (Å²) < 4.78 is 28.0. The highest BCUT2D eigenvalue weighted by Crippen LogP contribution is 2.32. The highest BCUT2D eigenvalue weighted by Gasteiger charge is 2.16. The van der Waals surface area contributed by atoms with Gasteiger partial charge in [0.15, 0.2) is 0 Å². The van der Waals surface area contributed by atoms with Gasteiger partial charge in [0.05, 0.1) is 0 Å². The highest BCUT2D eigenvalue weighted by atomic mass is 32.1. The maximum Gasteiger partial charge on any atom is 0.129 e. The summed E-state index contributed by atoms with van der Waals surface area (Å²) in [6.07, 6.45) is 0.489. The van der Waals surface area contributed by atoms with Gasteiger partial charge in [0, 0.05) is 16.8 Å². The lowest BCUT2D eigenvalue weighted by Crippen LogP contribution is -2.19. The third-order valence-corrected chi connectivity index (χ3v) is 4.66. The molecule has 21 heavy (non-hydrogen) atoms. The largest absolute Gasteiger partial charge is 0.313 e. The van der Waals surface area contributed by atoms with E-state index in [0.717, 1.165) is 11.6 Å². The molecule has 0 saturated carbocycles. The third-order valence-electron chi connectivity index (χ3n) is 3.67. The normalized spacial score (nSPS) is 12.7. The molecule has 1 unspecified atom stereocenters. The van der Waals surface area contributed by atoms with Crippen LogP contribution < -0.4 is 5.32 Å². The molecule has 0 amide bonds. The summed E-state index contributed by atoms with van der Waals surface area (Å²) in [5.74, 6) is -1.03. The van der Waals surface area contributed by atoms with Gasteiger partial charge in [-0.25, -0.2) is 8.78 Å². The Morgan fingerprint density at radius 1 is 1.14 bits per heavy atom. The lowest BCUT2D eigenvalue weighted by molar-refractivity contribution is 0.543. The van der Waals surface area contributed by atoms with Crippen molar-refractivity contribution in [1.82, 2.24) is 5.32 Å². The maximum atomic E-state index is 13.8. The first-order valence-electron chi connectivity index (χ1n) is 6.76. The van der Waals surface area contributed by atoms with Crippen molar-refractivity contribution in [3.05, 3.63) is 70.6 Å². The SMILES string of the molecule is CNC(Cc1ccc(F)cc1F)c1csc2ccccc12. The molecule has 4 heteroatoms. The minimum absolute atomic E-state index is 0.00103. The average molecular weight is 303 g/mol. The molecule has 1 atom stereocenters. The fourth-order valence-corrected chi connectivity index (χ4v) is 3.56. The molecular weight excluding hydrogens is 288 g/mol. The van der Waals surface area contributed by atoms with Crippen molar-refractivity contribution in [3.8, 4) is 0 Å². The maximum absolute atomic E-state index is 13.8. The van der Waals surface area contributed by atoms with Gasteiger partial charge in [0.25, 0.3) is 0 Å². The predicted octanol–water partition coefficient (Wildman–Crippen LogP) is 4.68. The second-order valence-electron chi connectivity index (χ2n) is 4.97. The van der Waals surface area contributed by atoms with Gasteiger partial charge >= 0.3 is 0 Å². The zero-order valence-corrected chi connectivity index (χ0v) is 12.4. The molecule has 0 saturated heterocycles. The molecule has 0 bridgehead atoms. The van der Waals surface area contributed by atoms with E-state index in [2.05, 4.69) is 22.8 Å². The van der Waals surface area contributed by atoms with E-state index in [1.165, 1.54) is 22.2 Å². The Hall–Kier alpha value is -1.78. The molecule has 0 radical (unpaired) electrons. The van der Waals surface area contributed by atoms with Crippen molar-refractivity contribution in [2.45, 2.75) is 12.5 Å². The summed E-state index contributed by atoms with van der Waals surface area (Å²) in [7, 11) is 1.86. The van der Waals surface area contributed by atoms with Crippen LogP contribution in [0.4, 0.5) is 8.78 Å². The lowest BCUT2D eigenvalue weighted by Gasteiger charge is -2.16. The van der Waals surface area contributed by atoms with E-state index in [4.69, 9.17) is 0 Å². The molecule has 108 valence electrons. The zero-order valence-electron chi connectivity index (χ0n) is 11.6. The van der Waals surface area contributed by atoms with Crippen LogP contribution in [0.5, 0.6) is 0 Å². The fraction of sp³-hybridized carbons (Fsp3) is 0.176. The molecule has 0 spiro atoms. The van der Waals surface area contributed by atoms with Gasteiger partial charge in [-0.15, -0.1) is 11.3 Å². The molecule has 1 heterocycles. The van der Waals surface area contributed by atoms with Gasteiger partial charge in [-0.2, -0.15) is 0 Å². The van der Waals surface area contributed by atoms with Crippen LogP contribution in [0.25, 0.3) is 10.1 Å². The number of halogens is 2. The van der Waals surface area contributed by atoms with Gasteiger partial charge in [-0.3, -0.25) is 0 Å². The Morgan fingerprint density at radius 2 is 1.95 bits per heavy atom. The number of fused-ring (bicyclic) bond motifs is 1. The molecule has 2 aromatic carbocycles. The number of nitrogens with one attached hydrogen (secondary N) is 1. The van der Waals surface area contributed by atoms with Crippen molar-refractivity contribution in [2.75, 3.05) is 7.05 Å². The Morgan fingerprint density at radius 3 is 2.71 bits per heavy atom. The van der Waals surface area contributed by atoms with Gasteiger partial charge < -0.3 is 5.32 Å². The Balaban J connectivity index is 1.95. The van der Waals surface area contributed by atoms with Gasteiger partial charge in [0.1, 0.15) is 11.6 Å². The van der Waals surface area contributed by atoms with Crippen LogP contribution in [0.1, 0.15) is 17.2 Å². The van der Waals surface area contributed by atoms with Crippen LogP contribution in [0.15, 0.2) is 47.8 Å². The summed E-state index contributed by atoms with van der Waals surface area (Å²) in [6, 6.07) is 11.9. The molecular formula is C17H15F2NS. The Labute approximate surface area is 126 Å². The monoisotopic (exact) mass is 303 g/mol. The van der Waals surface area contributed by atoms with Crippen molar-refractivity contribution in [1.29, 1.82) is 0 Å². The second-order valence-corrected chi connectivity index (χ2v) is 5.88. The minimum Gasteiger partial charge on any atom is -0.313 e. The quantitative estimate of drug-likeness (QED) is 0.738. The van der Waals surface area contributed by atoms with Gasteiger partial charge in [-0.05, 0) is 47.5 Å². The van der Waals surface area contributed by atoms with Crippen LogP contribution in [0, 0.1) is 11.6 Å². The summed E-state index contributed by atoms with van der Waals surface area (Å²) in [4.78, 5) is 0. The molecule has 1 aromatic heterocycles.